The third-order valence-corrected chi connectivity index (χ3v) is 8.25. The molecule has 0 bridgehead atoms. The van der Waals surface area contributed by atoms with Crippen LogP contribution in [0.4, 0.5) is 20.4 Å². The van der Waals surface area contributed by atoms with E-state index in [0.717, 1.165) is 21.2 Å². The van der Waals surface area contributed by atoms with Crippen LogP contribution < -0.4 is 16.0 Å². The maximum absolute atomic E-state index is 13.2. The Balaban J connectivity index is 1.46. The molecule has 3 heterocycles. The van der Waals surface area contributed by atoms with Gasteiger partial charge in [-0.05, 0) is 42.4 Å². The van der Waals surface area contributed by atoms with E-state index in [0.29, 0.717) is 49.1 Å². The largest absolute Gasteiger partial charge is 0.453 e. The Morgan fingerprint density at radius 1 is 1.36 bits per heavy atom. The maximum Gasteiger partial charge on any atom is 0.409 e. The lowest BCUT2D eigenvalue weighted by Gasteiger charge is -2.25. The van der Waals surface area contributed by atoms with Crippen LogP contribution in [0.25, 0.3) is 0 Å². The van der Waals surface area contributed by atoms with Crippen LogP contribution in [-0.4, -0.2) is 60.4 Å². The van der Waals surface area contributed by atoms with Crippen LogP contribution in [0.2, 0.25) is 5.02 Å². The van der Waals surface area contributed by atoms with E-state index in [1.54, 1.807) is 33.8 Å². The molecule has 1 fully saturated rings. The van der Waals surface area contributed by atoms with Gasteiger partial charge in [-0.15, -0.1) is 11.8 Å². The van der Waals surface area contributed by atoms with Gasteiger partial charge in [-0.1, -0.05) is 22.9 Å². The highest BCUT2D eigenvalue weighted by atomic mass is 35.5. The predicted molar refractivity (Wildman–Crippen MR) is 129 cm³/mol. The van der Waals surface area contributed by atoms with Gasteiger partial charge in [-0.25, -0.2) is 14.6 Å². The van der Waals surface area contributed by atoms with E-state index in [9.17, 15) is 14.4 Å². The van der Waals surface area contributed by atoms with Gasteiger partial charge in [0, 0.05) is 42.2 Å². The van der Waals surface area contributed by atoms with Gasteiger partial charge >= 0.3 is 12.1 Å². The van der Waals surface area contributed by atoms with E-state index < -0.39 is 5.41 Å². The molecule has 1 aromatic carbocycles. The molecule has 2 aliphatic rings. The van der Waals surface area contributed by atoms with Crippen molar-refractivity contribution < 1.29 is 19.1 Å². The van der Waals surface area contributed by atoms with Gasteiger partial charge in [-0.3, -0.25) is 15.0 Å². The Morgan fingerprint density at radius 2 is 2.18 bits per heavy atom. The van der Waals surface area contributed by atoms with Crippen molar-refractivity contribution in [2.75, 3.05) is 42.7 Å². The lowest BCUT2D eigenvalue weighted by molar-refractivity contribution is -0.118. The summed E-state index contributed by atoms with van der Waals surface area (Å²) in [5, 5.41) is 3.97. The molecule has 9 nitrogen and oxygen atoms in total. The standard InChI is InChI=1S/C21H24ClN5O4S2/c1-31-20(30)26-7-6-21(11-26)12-27(15-5-4-13(22)9-14(15)21)19(29)25-18-24-10-17(33-18)32-8-2-3-16(23)28/h4-5,9-10H,2-3,6-8,11-12H2,1H3,(H2,23,28)(H,24,25,29). The van der Waals surface area contributed by atoms with Gasteiger partial charge in [0.2, 0.25) is 5.91 Å². The number of hydrogen-bond donors (Lipinski definition) is 2. The Kier molecular flexibility index (Phi) is 7.01. The number of carbonyl (C=O) groups is 3. The van der Waals surface area contributed by atoms with Crippen molar-refractivity contribution in [3.05, 3.63) is 35.0 Å². The van der Waals surface area contributed by atoms with Crippen molar-refractivity contribution in [3.8, 4) is 0 Å². The average Bonchev–Trinajstić information content (AvgIpc) is 3.49. The summed E-state index contributed by atoms with van der Waals surface area (Å²) in [4.78, 5) is 43.8. The Bertz CT molecular complexity index is 1080. The number of thiazole rings is 1. The quantitative estimate of drug-likeness (QED) is 0.450. The number of ether oxygens (including phenoxy) is 1. The van der Waals surface area contributed by atoms with Gasteiger partial charge in [-0.2, -0.15) is 0 Å². The summed E-state index contributed by atoms with van der Waals surface area (Å²) in [6.07, 6.45) is 3.09. The molecule has 4 amide bonds. The lowest BCUT2D eigenvalue weighted by Crippen LogP contribution is -2.41. The number of aromatic nitrogens is 1. The summed E-state index contributed by atoms with van der Waals surface area (Å²) in [6, 6.07) is 5.20. The first kappa shape index (κ1) is 23.7. The second-order valence-corrected chi connectivity index (χ2v) is 10.9. The zero-order chi connectivity index (χ0) is 23.6. The zero-order valence-electron chi connectivity index (χ0n) is 18.0. The molecular weight excluding hydrogens is 486 g/mol. The van der Waals surface area contributed by atoms with Gasteiger partial charge < -0.3 is 15.4 Å². The van der Waals surface area contributed by atoms with Crippen molar-refractivity contribution in [1.82, 2.24) is 9.88 Å². The molecule has 1 unspecified atom stereocenters. The summed E-state index contributed by atoms with van der Waals surface area (Å²) in [7, 11) is 1.37. The minimum atomic E-state index is -0.393. The number of anilines is 2. The second kappa shape index (κ2) is 9.78. The number of halogens is 1. The minimum absolute atomic E-state index is 0.286. The summed E-state index contributed by atoms with van der Waals surface area (Å²) in [6.45, 7) is 1.44. The number of thioether (sulfide) groups is 1. The van der Waals surface area contributed by atoms with Gasteiger partial charge in [0.25, 0.3) is 0 Å². The van der Waals surface area contributed by atoms with Crippen molar-refractivity contribution in [2.24, 2.45) is 5.73 Å². The fourth-order valence-corrected chi connectivity index (χ4v) is 6.34. The van der Waals surface area contributed by atoms with Crippen LogP contribution in [0.5, 0.6) is 0 Å². The Labute approximate surface area is 204 Å². The molecule has 12 heteroatoms. The first-order chi connectivity index (χ1) is 15.8. The molecule has 4 rings (SSSR count). The summed E-state index contributed by atoms with van der Waals surface area (Å²) in [5.74, 6) is 0.438. The number of likely N-dealkylation sites (tertiary alicyclic amines) is 1. The van der Waals surface area contributed by atoms with Gasteiger partial charge in [0.05, 0.1) is 17.5 Å². The molecule has 176 valence electrons. The summed E-state index contributed by atoms with van der Waals surface area (Å²) >= 11 is 9.23. The average molecular weight is 510 g/mol. The highest BCUT2D eigenvalue weighted by molar-refractivity contribution is 8.01. The molecule has 1 aromatic heterocycles. The number of urea groups is 1. The first-order valence-electron chi connectivity index (χ1n) is 10.4. The highest BCUT2D eigenvalue weighted by Crippen LogP contribution is 2.47. The van der Waals surface area contributed by atoms with E-state index in [-0.39, 0.29) is 18.0 Å². The predicted octanol–water partition coefficient (Wildman–Crippen LogP) is 3.92. The fraction of sp³-hybridized carbons (Fsp3) is 0.429. The first-order valence-corrected chi connectivity index (χ1v) is 12.6. The van der Waals surface area contributed by atoms with E-state index in [1.807, 2.05) is 12.1 Å². The molecule has 2 aromatic rings. The molecule has 0 radical (unpaired) electrons. The number of carbonyl (C=O) groups excluding carboxylic acids is 3. The molecular formula is C21H24ClN5O4S2. The topological polar surface area (TPSA) is 118 Å². The van der Waals surface area contributed by atoms with Crippen molar-refractivity contribution in [3.63, 3.8) is 0 Å². The number of hydrogen-bond acceptors (Lipinski definition) is 7. The molecule has 1 saturated heterocycles. The normalized spacial score (nSPS) is 19.1. The second-order valence-electron chi connectivity index (χ2n) is 8.00. The van der Waals surface area contributed by atoms with E-state index >= 15 is 0 Å². The van der Waals surface area contributed by atoms with Crippen molar-refractivity contribution >= 4 is 63.6 Å². The van der Waals surface area contributed by atoms with Crippen LogP contribution in [0.1, 0.15) is 24.8 Å². The number of amides is 4. The van der Waals surface area contributed by atoms with Crippen molar-refractivity contribution in [1.29, 1.82) is 0 Å². The van der Waals surface area contributed by atoms with E-state index in [4.69, 9.17) is 22.1 Å². The number of nitrogens with one attached hydrogen (secondary N) is 1. The molecule has 1 atom stereocenters. The molecule has 0 saturated carbocycles. The number of rotatable bonds is 6. The zero-order valence-corrected chi connectivity index (χ0v) is 20.4. The number of methoxy groups -OCH3 is 1. The van der Waals surface area contributed by atoms with Crippen LogP contribution in [0.15, 0.2) is 28.6 Å². The monoisotopic (exact) mass is 509 g/mol. The molecule has 3 N–H and O–H groups in total. The van der Waals surface area contributed by atoms with E-state index in [1.165, 1.54) is 18.4 Å². The van der Waals surface area contributed by atoms with Gasteiger partial charge in [0.1, 0.15) is 0 Å². The van der Waals surface area contributed by atoms with Crippen LogP contribution >= 0.6 is 34.7 Å². The minimum Gasteiger partial charge on any atom is -0.453 e. The van der Waals surface area contributed by atoms with E-state index in [2.05, 4.69) is 10.3 Å². The lowest BCUT2D eigenvalue weighted by atomic mass is 9.81. The smallest absolute Gasteiger partial charge is 0.409 e. The Morgan fingerprint density at radius 3 is 2.94 bits per heavy atom. The fourth-order valence-electron chi connectivity index (χ4n) is 4.29. The summed E-state index contributed by atoms with van der Waals surface area (Å²) in [5.41, 5.74) is 6.51. The van der Waals surface area contributed by atoms with Crippen LogP contribution in [-0.2, 0) is 14.9 Å². The third kappa shape index (κ3) is 5.04. The van der Waals surface area contributed by atoms with Gasteiger partial charge in [0.15, 0.2) is 5.13 Å². The third-order valence-electron chi connectivity index (χ3n) is 5.82. The van der Waals surface area contributed by atoms with Crippen LogP contribution in [0, 0.1) is 0 Å². The number of nitrogens with two attached hydrogens (primary N) is 1. The van der Waals surface area contributed by atoms with Crippen LogP contribution in [0.3, 0.4) is 0 Å². The number of benzene rings is 1. The number of primary amides is 1. The van der Waals surface area contributed by atoms with Crippen molar-refractivity contribution in [2.45, 2.75) is 28.9 Å². The SMILES string of the molecule is COC(=O)N1CCC2(C1)CN(C(=O)Nc1ncc(SCCCC(N)=O)s1)c1ccc(Cl)cc12. The maximum atomic E-state index is 13.2. The number of nitrogens with zero attached hydrogens (tertiary/aromatic N) is 3. The molecule has 1 spiro atoms. The summed E-state index contributed by atoms with van der Waals surface area (Å²) < 4.78 is 5.84. The number of fused-ring (bicyclic) bond motifs is 2. The molecule has 33 heavy (non-hydrogen) atoms. The Hall–Kier alpha value is -2.50. The molecule has 0 aliphatic carbocycles. The molecule has 2 aliphatic heterocycles. The highest BCUT2D eigenvalue weighted by Gasteiger charge is 2.50.